The number of nitrogens with one attached hydrogen (secondary N) is 2. The first-order chi connectivity index (χ1) is 12.6. The molecule has 1 fully saturated rings. The second-order valence-corrected chi connectivity index (χ2v) is 6.73. The maximum atomic E-state index is 12.5. The molecule has 1 aromatic heterocycles. The number of amides is 2. The molecule has 2 N–H and O–H groups in total. The molecule has 0 atom stereocenters. The average molecular weight is 355 g/mol. The van der Waals surface area contributed by atoms with Gasteiger partial charge in [-0.2, -0.15) is 0 Å². The van der Waals surface area contributed by atoms with Gasteiger partial charge < -0.3 is 15.1 Å². The molecule has 0 radical (unpaired) electrons. The Balaban J connectivity index is 1.59. The monoisotopic (exact) mass is 355 g/mol. The summed E-state index contributed by atoms with van der Waals surface area (Å²) in [5.74, 6) is 0.715. The maximum Gasteiger partial charge on any atom is 0.238 e. The van der Waals surface area contributed by atoms with E-state index in [0.717, 1.165) is 18.6 Å². The quantitative estimate of drug-likeness (QED) is 0.795. The minimum atomic E-state index is -0.119. The Labute approximate surface area is 153 Å². The fourth-order valence-electron chi connectivity index (χ4n) is 3.41. The number of hydrogen-bond donors (Lipinski definition) is 2. The van der Waals surface area contributed by atoms with Gasteiger partial charge in [0.05, 0.1) is 19.4 Å². The Bertz CT molecular complexity index is 719. The molecule has 1 aromatic carbocycles. The predicted octanol–water partition coefficient (Wildman–Crippen LogP) is 3.62. The Morgan fingerprint density at radius 2 is 1.73 bits per heavy atom. The molecule has 6 nitrogen and oxygen atoms in total. The minimum Gasteiger partial charge on any atom is -0.468 e. The van der Waals surface area contributed by atoms with Crippen LogP contribution in [0.4, 0.5) is 11.4 Å². The van der Waals surface area contributed by atoms with Crippen LogP contribution in [-0.2, 0) is 16.1 Å². The van der Waals surface area contributed by atoms with Crippen LogP contribution in [0.1, 0.15) is 38.4 Å². The van der Waals surface area contributed by atoms with Crippen molar-refractivity contribution in [1.82, 2.24) is 4.90 Å². The number of carbonyl (C=O) groups excluding carboxylic acids is 2. The minimum absolute atomic E-state index is 0.0456. The Morgan fingerprint density at radius 3 is 2.31 bits per heavy atom. The van der Waals surface area contributed by atoms with Gasteiger partial charge in [0.2, 0.25) is 11.8 Å². The zero-order valence-corrected chi connectivity index (χ0v) is 15.0. The van der Waals surface area contributed by atoms with Crippen molar-refractivity contribution in [2.45, 2.75) is 45.2 Å². The fourth-order valence-corrected chi connectivity index (χ4v) is 3.41. The summed E-state index contributed by atoms with van der Waals surface area (Å²) >= 11 is 0. The van der Waals surface area contributed by atoms with Gasteiger partial charge in [0, 0.05) is 24.3 Å². The van der Waals surface area contributed by atoms with Gasteiger partial charge in [0.1, 0.15) is 5.76 Å². The van der Waals surface area contributed by atoms with E-state index in [1.54, 1.807) is 30.5 Å². The van der Waals surface area contributed by atoms with E-state index in [4.69, 9.17) is 4.42 Å². The highest BCUT2D eigenvalue weighted by Gasteiger charge is 2.25. The number of hydrogen-bond acceptors (Lipinski definition) is 4. The van der Waals surface area contributed by atoms with Crippen LogP contribution in [-0.4, -0.2) is 29.3 Å². The number of furan rings is 1. The summed E-state index contributed by atoms with van der Waals surface area (Å²) in [6, 6.07) is 11.4. The molecule has 3 rings (SSSR count). The first-order valence-corrected chi connectivity index (χ1v) is 9.04. The van der Waals surface area contributed by atoms with Crippen molar-refractivity contribution in [2.24, 2.45) is 0 Å². The first kappa shape index (κ1) is 18.2. The highest BCUT2D eigenvalue weighted by Crippen LogP contribution is 2.25. The zero-order valence-electron chi connectivity index (χ0n) is 15.0. The standard InChI is InChI=1S/C20H25N3O3/c1-15(24)21-16-8-10-17(11-9-16)22-20(25)14-23(18-5-2-3-6-18)13-19-7-4-12-26-19/h4,7-12,18H,2-3,5-6,13-14H2,1H3,(H,21,24)(H,22,25). The lowest BCUT2D eigenvalue weighted by Gasteiger charge is -2.27. The zero-order chi connectivity index (χ0) is 18.4. The number of anilines is 2. The average Bonchev–Trinajstić information content (AvgIpc) is 3.29. The van der Waals surface area contributed by atoms with E-state index in [9.17, 15) is 9.59 Å². The van der Waals surface area contributed by atoms with Gasteiger partial charge in [-0.1, -0.05) is 12.8 Å². The van der Waals surface area contributed by atoms with Crippen molar-refractivity contribution in [3.05, 3.63) is 48.4 Å². The third kappa shape index (κ3) is 5.20. The van der Waals surface area contributed by atoms with Gasteiger partial charge in [-0.05, 0) is 49.2 Å². The predicted molar refractivity (Wildman–Crippen MR) is 101 cm³/mol. The lowest BCUT2D eigenvalue weighted by molar-refractivity contribution is -0.118. The molecular weight excluding hydrogens is 330 g/mol. The molecule has 0 bridgehead atoms. The maximum absolute atomic E-state index is 12.5. The van der Waals surface area contributed by atoms with Gasteiger partial charge >= 0.3 is 0 Å². The Morgan fingerprint density at radius 1 is 1.08 bits per heavy atom. The molecular formula is C20H25N3O3. The highest BCUT2D eigenvalue weighted by molar-refractivity contribution is 5.93. The molecule has 1 saturated carbocycles. The third-order valence-corrected chi connectivity index (χ3v) is 4.62. The summed E-state index contributed by atoms with van der Waals surface area (Å²) in [6.45, 7) is 2.44. The summed E-state index contributed by atoms with van der Waals surface area (Å²) in [7, 11) is 0. The van der Waals surface area contributed by atoms with E-state index in [2.05, 4.69) is 15.5 Å². The summed E-state index contributed by atoms with van der Waals surface area (Å²) in [5, 5.41) is 5.64. The summed E-state index contributed by atoms with van der Waals surface area (Å²) < 4.78 is 5.46. The number of benzene rings is 1. The molecule has 1 aliphatic carbocycles. The summed E-state index contributed by atoms with van der Waals surface area (Å²) in [6.07, 6.45) is 6.34. The van der Waals surface area contributed by atoms with Crippen LogP contribution in [0.3, 0.4) is 0 Å². The molecule has 0 unspecified atom stereocenters. The van der Waals surface area contributed by atoms with E-state index >= 15 is 0 Å². The van der Waals surface area contributed by atoms with E-state index < -0.39 is 0 Å². The molecule has 1 heterocycles. The lowest BCUT2D eigenvalue weighted by atomic mass is 10.2. The van der Waals surface area contributed by atoms with Gasteiger partial charge in [-0.25, -0.2) is 0 Å². The van der Waals surface area contributed by atoms with Crippen molar-refractivity contribution in [1.29, 1.82) is 0 Å². The lowest BCUT2D eigenvalue weighted by Crippen LogP contribution is -2.39. The smallest absolute Gasteiger partial charge is 0.238 e. The second kappa shape index (κ2) is 8.67. The van der Waals surface area contributed by atoms with Crippen molar-refractivity contribution >= 4 is 23.2 Å². The van der Waals surface area contributed by atoms with Crippen LogP contribution in [0.5, 0.6) is 0 Å². The van der Waals surface area contributed by atoms with Crippen LogP contribution < -0.4 is 10.6 Å². The SMILES string of the molecule is CC(=O)Nc1ccc(NC(=O)CN(Cc2ccco2)C2CCCC2)cc1. The van der Waals surface area contributed by atoms with E-state index in [-0.39, 0.29) is 11.8 Å². The van der Waals surface area contributed by atoms with Gasteiger partial charge in [-0.15, -0.1) is 0 Å². The Hall–Kier alpha value is -2.60. The van der Waals surface area contributed by atoms with Gasteiger partial charge in [-0.3, -0.25) is 14.5 Å². The van der Waals surface area contributed by atoms with Crippen molar-refractivity contribution in [3.8, 4) is 0 Å². The molecule has 1 aliphatic rings. The number of rotatable bonds is 7. The third-order valence-electron chi connectivity index (χ3n) is 4.62. The molecule has 2 amide bonds. The topological polar surface area (TPSA) is 74.6 Å². The van der Waals surface area contributed by atoms with Crippen molar-refractivity contribution < 1.29 is 14.0 Å². The molecule has 0 spiro atoms. The first-order valence-electron chi connectivity index (χ1n) is 9.04. The molecule has 0 aliphatic heterocycles. The molecule has 0 saturated heterocycles. The van der Waals surface area contributed by atoms with Gasteiger partial charge in [0.25, 0.3) is 0 Å². The molecule has 138 valence electrons. The number of carbonyl (C=O) groups is 2. The number of nitrogens with zero attached hydrogens (tertiary/aromatic N) is 1. The van der Waals surface area contributed by atoms with E-state index in [1.165, 1.54) is 19.8 Å². The van der Waals surface area contributed by atoms with Crippen LogP contribution in [0.15, 0.2) is 47.1 Å². The van der Waals surface area contributed by atoms with E-state index in [1.807, 2.05) is 12.1 Å². The van der Waals surface area contributed by atoms with Gasteiger partial charge in [0.15, 0.2) is 0 Å². The second-order valence-electron chi connectivity index (χ2n) is 6.73. The summed E-state index contributed by atoms with van der Waals surface area (Å²) in [4.78, 5) is 25.8. The normalized spacial score (nSPS) is 14.5. The van der Waals surface area contributed by atoms with Crippen LogP contribution in [0.2, 0.25) is 0 Å². The van der Waals surface area contributed by atoms with Crippen molar-refractivity contribution in [2.75, 3.05) is 17.2 Å². The largest absolute Gasteiger partial charge is 0.468 e. The highest BCUT2D eigenvalue weighted by atomic mass is 16.3. The van der Waals surface area contributed by atoms with Crippen LogP contribution in [0, 0.1) is 0 Å². The summed E-state index contributed by atoms with van der Waals surface area (Å²) in [5.41, 5.74) is 1.43. The van der Waals surface area contributed by atoms with Crippen molar-refractivity contribution in [3.63, 3.8) is 0 Å². The Kier molecular flexibility index (Phi) is 6.07. The molecule has 6 heteroatoms. The van der Waals surface area contributed by atoms with Crippen LogP contribution >= 0.6 is 0 Å². The molecule has 26 heavy (non-hydrogen) atoms. The molecule has 2 aromatic rings. The van der Waals surface area contributed by atoms with Crippen LogP contribution in [0.25, 0.3) is 0 Å². The fraction of sp³-hybridized carbons (Fsp3) is 0.400. The van der Waals surface area contributed by atoms with E-state index in [0.29, 0.717) is 30.5 Å².